The van der Waals surface area contributed by atoms with Crippen molar-refractivity contribution in [2.45, 2.75) is 26.8 Å². The molecule has 0 bridgehead atoms. The molecule has 1 unspecified atom stereocenters. The first-order valence-electron chi connectivity index (χ1n) is 4.67. The summed E-state index contributed by atoms with van der Waals surface area (Å²) in [5.74, 6) is 0. The minimum Gasteiger partial charge on any atom is -0.345 e. The van der Waals surface area contributed by atoms with Crippen LogP contribution < -0.4 is 0 Å². The summed E-state index contributed by atoms with van der Waals surface area (Å²) in [5, 5.41) is 0. The second-order valence-corrected chi connectivity index (χ2v) is 5.57. The van der Waals surface area contributed by atoms with Crippen LogP contribution in [0.5, 0.6) is 0 Å². The summed E-state index contributed by atoms with van der Waals surface area (Å²) in [6, 6.07) is -0.838. The van der Waals surface area contributed by atoms with Crippen LogP contribution in [0.3, 0.4) is 0 Å². The summed E-state index contributed by atoms with van der Waals surface area (Å²) in [6.07, 6.45) is 0. The zero-order valence-electron chi connectivity index (χ0n) is 8.86. The van der Waals surface area contributed by atoms with Crippen LogP contribution in [-0.2, 0) is 18.6 Å². The van der Waals surface area contributed by atoms with E-state index in [1.807, 2.05) is 0 Å². The van der Waals surface area contributed by atoms with Crippen LogP contribution in [0.2, 0.25) is 0 Å². The predicted octanol–water partition coefficient (Wildman–Crippen LogP) is 2.85. The maximum Gasteiger partial charge on any atom is 0.271 e. The molecule has 86 valence electrons. The molecule has 0 aromatic rings. The van der Waals surface area contributed by atoms with E-state index in [1.54, 1.807) is 20.8 Å². The quantitative estimate of drug-likeness (QED) is 0.374. The van der Waals surface area contributed by atoms with Crippen LogP contribution in [0.25, 0.3) is 0 Å². The molecule has 4 nitrogen and oxygen atoms in total. The zero-order chi connectivity index (χ0) is 11.0. The standard InChI is InChI=1S/C8H18ClO4P/c1-4-11-8(12-5-2)14(10,7-9)13-6-3/h8H,4-7H2,1-3H3. The maximum atomic E-state index is 12.1. The van der Waals surface area contributed by atoms with Gasteiger partial charge in [-0.1, -0.05) is 0 Å². The van der Waals surface area contributed by atoms with Crippen molar-refractivity contribution in [3.8, 4) is 0 Å². The van der Waals surface area contributed by atoms with Crippen molar-refractivity contribution in [3.05, 3.63) is 0 Å². The Morgan fingerprint density at radius 2 is 1.64 bits per heavy atom. The third-order valence-electron chi connectivity index (χ3n) is 1.45. The molecule has 0 radical (unpaired) electrons. The van der Waals surface area contributed by atoms with Gasteiger partial charge in [0.15, 0.2) is 0 Å². The van der Waals surface area contributed by atoms with E-state index in [0.29, 0.717) is 19.8 Å². The highest BCUT2D eigenvalue weighted by atomic mass is 35.5. The van der Waals surface area contributed by atoms with Gasteiger partial charge in [-0.15, -0.1) is 11.6 Å². The summed E-state index contributed by atoms with van der Waals surface area (Å²) >= 11 is 5.61. The van der Waals surface area contributed by atoms with E-state index in [0.717, 1.165) is 0 Å². The molecule has 0 saturated heterocycles. The summed E-state index contributed by atoms with van der Waals surface area (Å²) in [4.78, 5) is 0. The molecule has 0 aromatic heterocycles. The first kappa shape index (κ1) is 14.4. The van der Waals surface area contributed by atoms with Gasteiger partial charge in [0.05, 0.1) is 6.61 Å². The van der Waals surface area contributed by atoms with Gasteiger partial charge in [-0.2, -0.15) is 0 Å². The van der Waals surface area contributed by atoms with Gasteiger partial charge < -0.3 is 14.0 Å². The fourth-order valence-corrected chi connectivity index (χ4v) is 2.97. The fraction of sp³-hybridized carbons (Fsp3) is 1.00. The van der Waals surface area contributed by atoms with Crippen molar-refractivity contribution in [1.29, 1.82) is 0 Å². The van der Waals surface area contributed by atoms with E-state index >= 15 is 0 Å². The lowest BCUT2D eigenvalue weighted by Gasteiger charge is -2.24. The number of ether oxygens (including phenoxy) is 2. The summed E-state index contributed by atoms with van der Waals surface area (Å²) in [7, 11) is -3.02. The van der Waals surface area contributed by atoms with E-state index in [9.17, 15) is 4.57 Å². The Morgan fingerprint density at radius 1 is 1.14 bits per heavy atom. The van der Waals surface area contributed by atoms with Crippen molar-refractivity contribution >= 4 is 19.0 Å². The lowest BCUT2D eigenvalue weighted by Crippen LogP contribution is -2.20. The molecule has 0 amide bonds. The highest BCUT2D eigenvalue weighted by molar-refractivity contribution is 7.61. The predicted molar refractivity (Wildman–Crippen MR) is 57.0 cm³/mol. The molecule has 0 aromatic carbocycles. The number of halogens is 1. The highest BCUT2D eigenvalue weighted by Crippen LogP contribution is 2.53. The monoisotopic (exact) mass is 244 g/mol. The number of rotatable bonds is 8. The first-order valence-corrected chi connectivity index (χ1v) is 7.08. The molecule has 0 heterocycles. The lowest BCUT2D eigenvalue weighted by molar-refractivity contribution is -0.0884. The third kappa shape index (κ3) is 4.28. The first-order chi connectivity index (χ1) is 6.64. The Hall–Kier alpha value is 0.400. The molecule has 0 spiro atoms. The Labute approximate surface area is 90.3 Å². The number of alkyl halides is 1. The number of hydrogen-bond donors (Lipinski definition) is 0. The molecular weight excluding hydrogens is 227 g/mol. The normalized spacial score (nSPS) is 15.8. The Balaban J connectivity index is 4.46. The van der Waals surface area contributed by atoms with Crippen molar-refractivity contribution in [1.82, 2.24) is 0 Å². The minimum atomic E-state index is -3.02. The smallest absolute Gasteiger partial charge is 0.271 e. The van der Waals surface area contributed by atoms with Crippen molar-refractivity contribution in [3.63, 3.8) is 0 Å². The molecule has 0 aliphatic carbocycles. The van der Waals surface area contributed by atoms with Gasteiger partial charge >= 0.3 is 0 Å². The highest BCUT2D eigenvalue weighted by Gasteiger charge is 2.34. The Morgan fingerprint density at radius 3 is 1.93 bits per heavy atom. The largest absolute Gasteiger partial charge is 0.345 e. The molecule has 6 heteroatoms. The molecule has 0 aliphatic rings. The van der Waals surface area contributed by atoms with E-state index in [-0.39, 0.29) is 5.62 Å². The van der Waals surface area contributed by atoms with Crippen LogP contribution in [0.1, 0.15) is 20.8 Å². The summed E-state index contributed by atoms with van der Waals surface area (Å²) in [6.45, 7) is 6.53. The van der Waals surface area contributed by atoms with E-state index in [4.69, 9.17) is 25.6 Å². The zero-order valence-corrected chi connectivity index (χ0v) is 10.5. The lowest BCUT2D eigenvalue weighted by atomic mass is 10.9. The number of hydrogen-bond acceptors (Lipinski definition) is 4. The second-order valence-electron chi connectivity index (χ2n) is 2.48. The molecular formula is C8H18ClO4P. The maximum absolute atomic E-state index is 12.1. The van der Waals surface area contributed by atoms with Crippen LogP contribution in [0.4, 0.5) is 0 Å². The van der Waals surface area contributed by atoms with Crippen molar-refractivity contribution < 1.29 is 18.6 Å². The molecule has 0 N–H and O–H groups in total. The van der Waals surface area contributed by atoms with Gasteiger partial charge in [0, 0.05) is 13.2 Å². The molecule has 1 atom stereocenters. The molecule has 0 fully saturated rings. The molecule has 0 rings (SSSR count). The minimum absolute atomic E-state index is 0.0918. The van der Waals surface area contributed by atoms with E-state index in [2.05, 4.69) is 0 Å². The van der Waals surface area contributed by atoms with Gasteiger partial charge in [0.1, 0.15) is 5.62 Å². The van der Waals surface area contributed by atoms with Crippen LogP contribution in [0, 0.1) is 0 Å². The summed E-state index contributed by atoms with van der Waals surface area (Å²) < 4.78 is 27.6. The van der Waals surface area contributed by atoms with Gasteiger partial charge in [-0.25, -0.2) is 0 Å². The van der Waals surface area contributed by atoms with Gasteiger partial charge in [0.2, 0.25) is 6.03 Å². The van der Waals surface area contributed by atoms with E-state index < -0.39 is 13.4 Å². The summed E-state index contributed by atoms with van der Waals surface area (Å²) in [5.41, 5.74) is -0.0918. The van der Waals surface area contributed by atoms with Crippen molar-refractivity contribution in [2.75, 3.05) is 25.4 Å². The molecule has 14 heavy (non-hydrogen) atoms. The van der Waals surface area contributed by atoms with Crippen LogP contribution in [0.15, 0.2) is 0 Å². The average molecular weight is 245 g/mol. The fourth-order valence-electron chi connectivity index (χ4n) is 0.931. The van der Waals surface area contributed by atoms with Crippen LogP contribution >= 0.6 is 19.0 Å². The molecule has 0 saturated carbocycles. The second kappa shape index (κ2) is 7.66. The average Bonchev–Trinajstić information content (AvgIpc) is 2.18. The van der Waals surface area contributed by atoms with E-state index in [1.165, 1.54) is 0 Å². The van der Waals surface area contributed by atoms with Gasteiger partial charge in [0.25, 0.3) is 7.37 Å². The van der Waals surface area contributed by atoms with Gasteiger partial charge in [-0.3, -0.25) is 4.57 Å². The Bertz CT molecular complexity index is 182. The van der Waals surface area contributed by atoms with Crippen molar-refractivity contribution in [2.24, 2.45) is 0 Å². The SMILES string of the molecule is CCOC(OCC)P(=O)(CCl)OCC. The van der Waals surface area contributed by atoms with Gasteiger partial charge in [-0.05, 0) is 20.8 Å². The Kier molecular flexibility index (Phi) is 7.88. The van der Waals surface area contributed by atoms with Crippen LogP contribution in [-0.4, -0.2) is 31.5 Å². The topological polar surface area (TPSA) is 44.8 Å². The molecule has 0 aliphatic heterocycles. The third-order valence-corrected chi connectivity index (χ3v) is 4.42.